The van der Waals surface area contributed by atoms with Crippen LogP contribution >= 0.6 is 12.4 Å². The first-order chi connectivity index (χ1) is 13.0. The molecule has 1 heterocycles. The minimum atomic E-state index is 0. The van der Waals surface area contributed by atoms with Crippen molar-refractivity contribution < 1.29 is 4.74 Å². The summed E-state index contributed by atoms with van der Waals surface area (Å²) in [6.07, 6.45) is 3.63. The van der Waals surface area contributed by atoms with Crippen LogP contribution in [0.25, 0.3) is 10.9 Å². The number of unbranched alkanes of at least 4 members (excludes halogenated alkanes) is 1. The van der Waals surface area contributed by atoms with E-state index in [0.29, 0.717) is 6.54 Å². The fourth-order valence-electron chi connectivity index (χ4n) is 2.56. The zero-order valence-corrected chi connectivity index (χ0v) is 17.4. The number of nitrogens with one attached hydrogen (secondary N) is 2. The number of hydrogen-bond acceptors (Lipinski definition) is 5. The van der Waals surface area contributed by atoms with E-state index in [4.69, 9.17) is 16.2 Å². The van der Waals surface area contributed by atoms with Crippen molar-refractivity contribution in [3.05, 3.63) is 30.5 Å². The molecule has 0 spiro atoms. The second-order valence-corrected chi connectivity index (χ2v) is 6.38. The summed E-state index contributed by atoms with van der Waals surface area (Å²) in [7, 11) is 1.66. The maximum Gasteiger partial charge on any atom is 0.195 e. The van der Waals surface area contributed by atoms with Crippen molar-refractivity contribution in [1.29, 1.82) is 0 Å². The van der Waals surface area contributed by atoms with Crippen molar-refractivity contribution in [1.82, 2.24) is 10.3 Å². The van der Waals surface area contributed by atoms with Gasteiger partial charge in [0.15, 0.2) is 11.9 Å². The number of nitrogens with zero attached hydrogens (tertiary/aromatic N) is 3. The number of guanidine groups is 2. The third-order valence-electron chi connectivity index (χ3n) is 3.75. The van der Waals surface area contributed by atoms with Crippen LogP contribution in [0.15, 0.2) is 40.4 Å². The molecule has 9 heteroatoms. The molecule has 0 bridgehead atoms. The number of halogens is 1. The minimum Gasteiger partial charge on any atom is -0.497 e. The van der Waals surface area contributed by atoms with E-state index in [0.717, 1.165) is 41.7 Å². The average Bonchev–Trinajstić information content (AvgIpc) is 2.63. The highest BCUT2D eigenvalue weighted by Gasteiger charge is 2.05. The standard InChI is InChI=1S/C19H29N7O.ClH/c1-13(2)25-19(21)26-18(20)24-9-5-4-8-22-16-12-15(27-3)11-14-7-6-10-23-17(14)16;/h6-7,10-13,22H,4-5,8-9H2,1-3H3,(H5,20,21,24,25,26);1H. The lowest BCUT2D eigenvalue weighted by molar-refractivity contribution is 0.415. The van der Waals surface area contributed by atoms with Crippen LogP contribution in [-0.4, -0.2) is 43.1 Å². The Balaban J connectivity index is 0.00000392. The van der Waals surface area contributed by atoms with Gasteiger partial charge in [-0.05, 0) is 38.8 Å². The van der Waals surface area contributed by atoms with Crippen LogP contribution in [0.1, 0.15) is 26.7 Å². The van der Waals surface area contributed by atoms with Gasteiger partial charge in [0.25, 0.3) is 0 Å². The first-order valence-electron chi connectivity index (χ1n) is 9.06. The molecule has 0 radical (unpaired) electrons. The van der Waals surface area contributed by atoms with Gasteiger partial charge in [0.1, 0.15) is 5.75 Å². The van der Waals surface area contributed by atoms with Crippen LogP contribution in [0.5, 0.6) is 5.75 Å². The molecule has 0 aliphatic carbocycles. The molecule has 6 N–H and O–H groups in total. The van der Waals surface area contributed by atoms with Gasteiger partial charge in [-0.3, -0.25) is 20.3 Å². The number of rotatable bonds is 8. The van der Waals surface area contributed by atoms with E-state index in [-0.39, 0.29) is 30.4 Å². The van der Waals surface area contributed by atoms with E-state index < -0.39 is 0 Å². The lowest BCUT2D eigenvalue weighted by atomic mass is 10.1. The van der Waals surface area contributed by atoms with Crippen molar-refractivity contribution in [3.63, 3.8) is 0 Å². The predicted molar refractivity (Wildman–Crippen MR) is 120 cm³/mol. The summed E-state index contributed by atoms with van der Waals surface area (Å²) in [5.41, 5.74) is 13.4. The fourth-order valence-corrected chi connectivity index (χ4v) is 2.56. The van der Waals surface area contributed by atoms with E-state index in [2.05, 4.69) is 25.6 Å². The molecule has 0 amide bonds. The van der Waals surface area contributed by atoms with Crippen LogP contribution in [-0.2, 0) is 0 Å². The van der Waals surface area contributed by atoms with Crippen molar-refractivity contribution in [2.45, 2.75) is 32.7 Å². The van der Waals surface area contributed by atoms with Gasteiger partial charge in [0.05, 0.1) is 18.3 Å². The molecular weight excluding hydrogens is 378 g/mol. The van der Waals surface area contributed by atoms with Crippen molar-refractivity contribution in [3.8, 4) is 5.75 Å². The summed E-state index contributed by atoms with van der Waals surface area (Å²) in [5.74, 6) is 1.38. The number of nitrogens with two attached hydrogens (primary N) is 2. The van der Waals surface area contributed by atoms with E-state index in [1.807, 2.05) is 38.1 Å². The number of pyridine rings is 1. The Labute approximate surface area is 172 Å². The number of ether oxygens (including phenoxy) is 1. The molecule has 2 aromatic rings. The Morgan fingerprint density at radius 1 is 1.21 bits per heavy atom. The Morgan fingerprint density at radius 3 is 2.71 bits per heavy atom. The second-order valence-electron chi connectivity index (χ2n) is 6.38. The Hall–Kier alpha value is -2.74. The highest BCUT2D eigenvalue weighted by molar-refractivity contribution is 5.97. The zero-order valence-electron chi connectivity index (χ0n) is 16.6. The number of benzene rings is 1. The minimum absolute atomic E-state index is 0. The number of aromatic nitrogens is 1. The van der Waals surface area contributed by atoms with Gasteiger partial charge < -0.3 is 21.5 Å². The van der Waals surface area contributed by atoms with Gasteiger partial charge in [0, 0.05) is 36.8 Å². The zero-order chi connectivity index (χ0) is 19.6. The molecule has 8 nitrogen and oxygen atoms in total. The van der Waals surface area contributed by atoms with Crippen LogP contribution in [0.4, 0.5) is 5.69 Å². The Morgan fingerprint density at radius 2 is 2.00 bits per heavy atom. The third kappa shape index (κ3) is 7.48. The number of anilines is 1. The third-order valence-corrected chi connectivity index (χ3v) is 3.75. The maximum atomic E-state index is 5.79. The van der Waals surface area contributed by atoms with Crippen LogP contribution in [0.3, 0.4) is 0 Å². The smallest absolute Gasteiger partial charge is 0.195 e. The quantitative estimate of drug-likeness (QED) is 0.303. The lowest BCUT2D eigenvalue weighted by Gasteiger charge is -2.11. The highest BCUT2D eigenvalue weighted by atomic mass is 35.5. The molecule has 0 saturated carbocycles. The molecule has 0 atom stereocenters. The normalized spacial score (nSPS) is 12.0. The molecule has 0 aliphatic heterocycles. The maximum absolute atomic E-state index is 5.79. The van der Waals surface area contributed by atoms with Gasteiger partial charge in [-0.2, -0.15) is 0 Å². The molecule has 2 rings (SSSR count). The van der Waals surface area contributed by atoms with E-state index in [1.54, 1.807) is 13.3 Å². The van der Waals surface area contributed by atoms with Crippen molar-refractivity contribution in [2.24, 2.45) is 21.5 Å². The summed E-state index contributed by atoms with van der Waals surface area (Å²) in [6, 6.07) is 7.99. The average molecular weight is 408 g/mol. The van der Waals surface area contributed by atoms with E-state index >= 15 is 0 Å². The predicted octanol–water partition coefficient (Wildman–Crippen LogP) is 2.48. The molecule has 1 aromatic carbocycles. The first kappa shape index (κ1) is 23.3. The van der Waals surface area contributed by atoms with E-state index in [9.17, 15) is 0 Å². The van der Waals surface area contributed by atoms with Gasteiger partial charge in [-0.1, -0.05) is 6.07 Å². The van der Waals surface area contributed by atoms with Gasteiger partial charge in [-0.25, -0.2) is 0 Å². The largest absolute Gasteiger partial charge is 0.497 e. The number of hydrogen-bond donors (Lipinski definition) is 4. The molecule has 28 heavy (non-hydrogen) atoms. The summed E-state index contributed by atoms with van der Waals surface area (Å²) < 4.78 is 5.36. The van der Waals surface area contributed by atoms with Crippen LogP contribution < -0.4 is 26.8 Å². The van der Waals surface area contributed by atoms with Gasteiger partial charge >= 0.3 is 0 Å². The Kier molecular flexibility index (Phi) is 9.87. The lowest BCUT2D eigenvalue weighted by Crippen LogP contribution is -2.42. The van der Waals surface area contributed by atoms with Gasteiger partial charge in [0.2, 0.25) is 0 Å². The summed E-state index contributed by atoms with van der Waals surface area (Å²) in [4.78, 5) is 12.9. The number of aliphatic imine (C=N–C) groups is 2. The van der Waals surface area contributed by atoms with E-state index in [1.165, 1.54) is 0 Å². The fraction of sp³-hybridized carbons (Fsp3) is 0.421. The van der Waals surface area contributed by atoms with Crippen molar-refractivity contribution in [2.75, 3.05) is 25.5 Å². The second kappa shape index (κ2) is 11.9. The molecule has 0 saturated heterocycles. The number of methoxy groups -OCH3 is 1. The highest BCUT2D eigenvalue weighted by Crippen LogP contribution is 2.27. The molecule has 0 aliphatic rings. The van der Waals surface area contributed by atoms with Crippen molar-refractivity contribution >= 4 is 40.9 Å². The molecule has 1 aromatic heterocycles. The molecule has 0 fully saturated rings. The SMILES string of the molecule is COc1cc(NCCCCN=C(N)NC(N)=NC(C)C)c2ncccc2c1.Cl. The topological polar surface area (TPSA) is 123 Å². The van der Waals surface area contributed by atoms with Gasteiger partial charge in [-0.15, -0.1) is 12.4 Å². The Bertz CT molecular complexity index is 808. The summed E-state index contributed by atoms with van der Waals surface area (Å²) in [5, 5.41) is 7.25. The summed E-state index contributed by atoms with van der Waals surface area (Å²) >= 11 is 0. The first-order valence-corrected chi connectivity index (χ1v) is 9.06. The summed E-state index contributed by atoms with van der Waals surface area (Å²) in [6.45, 7) is 5.30. The molecule has 0 unspecified atom stereocenters. The van der Waals surface area contributed by atoms with Crippen LogP contribution in [0.2, 0.25) is 0 Å². The monoisotopic (exact) mass is 407 g/mol. The van der Waals surface area contributed by atoms with Crippen LogP contribution in [0, 0.1) is 0 Å². The molecule has 154 valence electrons. The molecular formula is C19H30ClN7O. The number of fused-ring (bicyclic) bond motifs is 1.